The van der Waals surface area contributed by atoms with Crippen LogP contribution in [0.4, 0.5) is 5.69 Å². The van der Waals surface area contributed by atoms with Crippen molar-refractivity contribution in [1.82, 2.24) is 9.78 Å². The predicted molar refractivity (Wildman–Crippen MR) is 85.7 cm³/mol. The molecule has 0 aliphatic heterocycles. The Bertz CT molecular complexity index is 1020. The van der Waals surface area contributed by atoms with Gasteiger partial charge in [0.1, 0.15) is 0 Å². The molecule has 0 aliphatic rings. The third kappa shape index (κ3) is 2.63. The van der Waals surface area contributed by atoms with Crippen LogP contribution in [-0.4, -0.2) is 21.7 Å². The molecule has 3 aromatic rings. The van der Waals surface area contributed by atoms with Crippen LogP contribution in [0.5, 0.6) is 0 Å². The van der Waals surface area contributed by atoms with Crippen molar-refractivity contribution in [2.45, 2.75) is 0 Å². The summed E-state index contributed by atoms with van der Waals surface area (Å²) in [5.41, 5.74) is -0.333. The summed E-state index contributed by atoms with van der Waals surface area (Å²) < 4.78 is 1.07. The molecule has 0 spiro atoms. The van der Waals surface area contributed by atoms with Gasteiger partial charge in [-0.1, -0.05) is 36.4 Å². The first-order chi connectivity index (χ1) is 11.5. The van der Waals surface area contributed by atoms with Crippen LogP contribution in [-0.2, 0) is 7.05 Å². The second-order valence-electron chi connectivity index (χ2n) is 5.11. The largest absolute Gasteiger partial charge is 0.545 e. The number of para-hydroxylation sites is 1. The molecule has 3 rings (SSSR count). The quantitative estimate of drug-likeness (QED) is 0.758. The van der Waals surface area contributed by atoms with E-state index in [1.807, 2.05) is 0 Å². The first-order valence-electron chi connectivity index (χ1n) is 7.07. The fourth-order valence-corrected chi connectivity index (χ4v) is 2.42. The normalized spacial score (nSPS) is 10.5. The molecule has 0 saturated heterocycles. The number of aryl methyl sites for hydroxylation is 1. The van der Waals surface area contributed by atoms with E-state index >= 15 is 0 Å². The third-order valence-corrected chi connectivity index (χ3v) is 3.57. The first kappa shape index (κ1) is 15.4. The van der Waals surface area contributed by atoms with Gasteiger partial charge in [0, 0.05) is 18.0 Å². The SMILES string of the molecule is Cn1nc(C(=O)Nc2ccccc2C(=O)[O-])c2ccccc2c1=O. The highest BCUT2D eigenvalue weighted by Crippen LogP contribution is 2.18. The van der Waals surface area contributed by atoms with Gasteiger partial charge in [-0.05, 0) is 12.1 Å². The van der Waals surface area contributed by atoms with Gasteiger partial charge in [0.25, 0.3) is 11.5 Å². The molecule has 2 aromatic carbocycles. The number of fused-ring (bicyclic) bond motifs is 1. The van der Waals surface area contributed by atoms with Gasteiger partial charge in [-0.25, -0.2) is 4.68 Å². The summed E-state index contributed by atoms with van der Waals surface area (Å²) >= 11 is 0. The zero-order valence-corrected chi connectivity index (χ0v) is 12.6. The second kappa shape index (κ2) is 5.96. The molecule has 0 saturated carbocycles. The van der Waals surface area contributed by atoms with Crippen molar-refractivity contribution >= 4 is 28.3 Å². The topological polar surface area (TPSA) is 104 Å². The molecule has 0 bridgehead atoms. The smallest absolute Gasteiger partial charge is 0.276 e. The first-order valence-corrected chi connectivity index (χ1v) is 7.07. The maximum atomic E-state index is 12.6. The van der Waals surface area contributed by atoms with Crippen LogP contribution >= 0.6 is 0 Å². The van der Waals surface area contributed by atoms with Crippen molar-refractivity contribution in [2.24, 2.45) is 7.05 Å². The maximum absolute atomic E-state index is 12.6. The number of amides is 1. The highest BCUT2D eigenvalue weighted by molar-refractivity contribution is 6.12. The molecule has 0 radical (unpaired) electrons. The molecule has 1 amide bonds. The Labute approximate surface area is 136 Å². The summed E-state index contributed by atoms with van der Waals surface area (Å²) in [5, 5.41) is 18.4. The van der Waals surface area contributed by atoms with Gasteiger partial charge in [-0.15, -0.1) is 0 Å². The van der Waals surface area contributed by atoms with E-state index in [9.17, 15) is 19.5 Å². The lowest BCUT2D eigenvalue weighted by molar-refractivity contribution is -0.254. The number of carboxylic acid groups (broad SMARTS) is 1. The number of aromatic nitrogens is 2. The number of anilines is 1. The second-order valence-corrected chi connectivity index (χ2v) is 5.11. The molecule has 7 nitrogen and oxygen atoms in total. The summed E-state index contributed by atoms with van der Waals surface area (Å²) in [6, 6.07) is 12.5. The number of nitrogens with zero attached hydrogens (tertiary/aromatic N) is 2. The summed E-state index contributed by atoms with van der Waals surface area (Å²) in [4.78, 5) is 35.8. The monoisotopic (exact) mass is 322 g/mol. The van der Waals surface area contributed by atoms with Crippen LogP contribution in [0.15, 0.2) is 53.3 Å². The van der Waals surface area contributed by atoms with Gasteiger partial charge >= 0.3 is 0 Å². The number of hydrogen-bond acceptors (Lipinski definition) is 5. The zero-order valence-electron chi connectivity index (χ0n) is 12.6. The fraction of sp³-hybridized carbons (Fsp3) is 0.0588. The van der Waals surface area contributed by atoms with Crippen molar-refractivity contribution in [3.8, 4) is 0 Å². The van der Waals surface area contributed by atoms with E-state index in [0.29, 0.717) is 10.8 Å². The lowest BCUT2D eigenvalue weighted by Gasteiger charge is -2.12. The van der Waals surface area contributed by atoms with Crippen LogP contribution in [0.25, 0.3) is 10.8 Å². The van der Waals surface area contributed by atoms with Gasteiger partial charge in [0.05, 0.1) is 17.0 Å². The number of nitrogens with one attached hydrogen (secondary N) is 1. The molecule has 120 valence electrons. The molecule has 1 heterocycles. The van der Waals surface area contributed by atoms with Crippen molar-refractivity contribution in [1.29, 1.82) is 0 Å². The number of hydrogen-bond donors (Lipinski definition) is 1. The van der Waals surface area contributed by atoms with Crippen molar-refractivity contribution in [2.75, 3.05) is 5.32 Å². The molecule has 1 N–H and O–H groups in total. The zero-order chi connectivity index (χ0) is 17.3. The number of rotatable bonds is 3. The van der Waals surface area contributed by atoms with E-state index in [1.54, 1.807) is 30.3 Å². The standard InChI is InChI=1S/C17H13N3O4/c1-20-16(22)11-7-3-2-6-10(11)14(19-20)15(21)18-13-9-5-4-8-12(13)17(23)24/h2-9H,1H3,(H,18,21)(H,23,24)/p-1. The Morgan fingerprint density at radius 1 is 1.04 bits per heavy atom. The van der Waals surface area contributed by atoms with Gasteiger partial charge in [-0.2, -0.15) is 5.10 Å². The molecule has 1 aromatic heterocycles. The van der Waals surface area contributed by atoms with Gasteiger partial charge in [0.2, 0.25) is 0 Å². The average Bonchev–Trinajstić information content (AvgIpc) is 2.58. The van der Waals surface area contributed by atoms with E-state index in [4.69, 9.17) is 0 Å². The van der Waals surface area contributed by atoms with Crippen LogP contribution < -0.4 is 16.0 Å². The third-order valence-electron chi connectivity index (χ3n) is 3.57. The minimum absolute atomic E-state index is 0.0286. The molecule has 0 aliphatic carbocycles. The Balaban J connectivity index is 2.09. The lowest BCUT2D eigenvalue weighted by Crippen LogP contribution is -2.27. The average molecular weight is 322 g/mol. The molecule has 7 heteroatoms. The minimum Gasteiger partial charge on any atom is -0.545 e. The Hall–Kier alpha value is -3.48. The van der Waals surface area contributed by atoms with Crippen molar-refractivity contribution in [3.05, 3.63) is 70.1 Å². The lowest BCUT2D eigenvalue weighted by atomic mass is 10.1. The summed E-state index contributed by atoms with van der Waals surface area (Å²) in [5.74, 6) is -2.01. The van der Waals surface area contributed by atoms with Crippen LogP contribution in [0, 0.1) is 0 Å². The van der Waals surface area contributed by atoms with Crippen molar-refractivity contribution in [3.63, 3.8) is 0 Å². The molecular weight excluding hydrogens is 310 g/mol. The summed E-state index contributed by atoms with van der Waals surface area (Å²) in [7, 11) is 1.45. The van der Waals surface area contributed by atoms with Crippen molar-refractivity contribution < 1.29 is 14.7 Å². The van der Waals surface area contributed by atoms with Gasteiger partial charge in [0.15, 0.2) is 5.69 Å². The molecule has 24 heavy (non-hydrogen) atoms. The van der Waals surface area contributed by atoms with E-state index in [-0.39, 0.29) is 22.5 Å². The molecule has 0 fully saturated rings. The molecule has 0 atom stereocenters. The van der Waals surface area contributed by atoms with Gasteiger partial charge < -0.3 is 15.2 Å². The Morgan fingerprint density at radius 2 is 1.67 bits per heavy atom. The van der Waals surface area contributed by atoms with Crippen LogP contribution in [0.3, 0.4) is 0 Å². The van der Waals surface area contributed by atoms with Gasteiger partial charge in [-0.3, -0.25) is 9.59 Å². The fourth-order valence-electron chi connectivity index (χ4n) is 2.42. The Morgan fingerprint density at radius 3 is 2.38 bits per heavy atom. The molecule has 0 unspecified atom stereocenters. The predicted octanol–water partition coefficient (Wildman–Crippen LogP) is 0.549. The summed E-state index contributed by atoms with van der Waals surface area (Å²) in [6.07, 6.45) is 0. The van der Waals surface area contributed by atoms with E-state index in [1.165, 1.54) is 25.2 Å². The van der Waals surface area contributed by atoms with E-state index in [0.717, 1.165) is 4.68 Å². The highest BCUT2D eigenvalue weighted by Gasteiger charge is 2.16. The van der Waals surface area contributed by atoms with E-state index < -0.39 is 11.9 Å². The number of aromatic carboxylic acids is 1. The highest BCUT2D eigenvalue weighted by atomic mass is 16.4. The number of benzene rings is 2. The van der Waals surface area contributed by atoms with E-state index in [2.05, 4.69) is 10.4 Å². The van der Waals surface area contributed by atoms with Crippen LogP contribution in [0.2, 0.25) is 0 Å². The maximum Gasteiger partial charge on any atom is 0.276 e. The number of carboxylic acids is 1. The minimum atomic E-state index is -1.40. The number of carbonyl (C=O) groups is 2. The van der Waals surface area contributed by atoms with Crippen LogP contribution in [0.1, 0.15) is 20.8 Å². The Kier molecular flexibility index (Phi) is 3.83. The summed E-state index contributed by atoms with van der Waals surface area (Å²) in [6.45, 7) is 0. The number of carbonyl (C=O) groups excluding carboxylic acids is 2. The molecular formula is C17H12N3O4-.